The van der Waals surface area contributed by atoms with E-state index in [1.807, 2.05) is 6.92 Å². The molecule has 5 nitrogen and oxygen atoms in total. The molecule has 0 radical (unpaired) electrons. The highest BCUT2D eigenvalue weighted by Crippen LogP contribution is 2.37. The lowest BCUT2D eigenvalue weighted by atomic mass is 10.1. The van der Waals surface area contributed by atoms with Gasteiger partial charge in [-0.2, -0.15) is 0 Å². The van der Waals surface area contributed by atoms with E-state index in [1.165, 1.54) is 20.6 Å². The zero-order valence-electron chi connectivity index (χ0n) is 13.4. The number of phenols is 1. The minimum Gasteiger partial charge on any atom is -0.504 e. The van der Waals surface area contributed by atoms with Gasteiger partial charge in [0.05, 0.1) is 14.2 Å². The molecule has 0 unspecified atom stereocenters. The zero-order chi connectivity index (χ0) is 16.1. The van der Waals surface area contributed by atoms with Gasteiger partial charge in [-0.1, -0.05) is 0 Å². The summed E-state index contributed by atoms with van der Waals surface area (Å²) in [5.74, 6) is 0.130. The predicted molar refractivity (Wildman–Crippen MR) is 84.7 cm³/mol. The summed E-state index contributed by atoms with van der Waals surface area (Å²) in [6, 6.07) is 3.20. The van der Waals surface area contributed by atoms with Gasteiger partial charge in [0.25, 0.3) is 0 Å². The Morgan fingerprint density at radius 2 is 1.73 bits per heavy atom. The number of aromatic hydroxyl groups is 1. The SMILES string of the molecule is COc1ccc(OC)c(C(=O)/C=C(\C)N2CCCCC2)c1O. The van der Waals surface area contributed by atoms with Crippen LogP contribution in [0.15, 0.2) is 23.9 Å². The van der Waals surface area contributed by atoms with Crippen molar-refractivity contribution in [1.29, 1.82) is 0 Å². The van der Waals surface area contributed by atoms with Crippen molar-refractivity contribution in [3.05, 3.63) is 29.5 Å². The summed E-state index contributed by atoms with van der Waals surface area (Å²) in [7, 11) is 2.92. The maximum absolute atomic E-state index is 12.6. The van der Waals surface area contributed by atoms with Crippen molar-refractivity contribution >= 4 is 5.78 Å². The van der Waals surface area contributed by atoms with Crippen LogP contribution in [0.5, 0.6) is 17.2 Å². The van der Waals surface area contributed by atoms with E-state index >= 15 is 0 Å². The van der Waals surface area contributed by atoms with Gasteiger partial charge in [-0.15, -0.1) is 0 Å². The second kappa shape index (κ2) is 7.20. The number of likely N-dealkylation sites (tertiary alicyclic amines) is 1. The van der Waals surface area contributed by atoms with Crippen LogP contribution in [0, 0.1) is 0 Å². The van der Waals surface area contributed by atoms with Crippen molar-refractivity contribution in [1.82, 2.24) is 4.90 Å². The van der Waals surface area contributed by atoms with E-state index < -0.39 is 0 Å². The predicted octanol–water partition coefficient (Wildman–Crippen LogP) is 2.98. The first-order valence-corrected chi connectivity index (χ1v) is 7.50. The number of allylic oxidation sites excluding steroid dienone is 2. The van der Waals surface area contributed by atoms with E-state index in [-0.39, 0.29) is 22.8 Å². The van der Waals surface area contributed by atoms with E-state index in [9.17, 15) is 9.90 Å². The highest BCUT2D eigenvalue weighted by molar-refractivity contribution is 6.09. The Morgan fingerprint density at radius 3 is 2.32 bits per heavy atom. The molecule has 1 aromatic carbocycles. The zero-order valence-corrected chi connectivity index (χ0v) is 13.4. The largest absolute Gasteiger partial charge is 0.504 e. The molecule has 22 heavy (non-hydrogen) atoms. The molecule has 2 rings (SSSR count). The lowest BCUT2D eigenvalue weighted by Crippen LogP contribution is -2.28. The number of carbonyl (C=O) groups excluding carboxylic acids is 1. The third-order valence-electron chi connectivity index (χ3n) is 3.98. The Labute approximate surface area is 131 Å². The third kappa shape index (κ3) is 3.35. The first-order chi connectivity index (χ1) is 10.6. The highest BCUT2D eigenvalue weighted by Gasteiger charge is 2.20. The van der Waals surface area contributed by atoms with Crippen molar-refractivity contribution < 1.29 is 19.4 Å². The van der Waals surface area contributed by atoms with Crippen molar-refractivity contribution in [2.24, 2.45) is 0 Å². The summed E-state index contributed by atoms with van der Waals surface area (Å²) in [5.41, 5.74) is 1.05. The number of benzene rings is 1. The maximum atomic E-state index is 12.6. The summed E-state index contributed by atoms with van der Waals surface area (Å²) in [6.07, 6.45) is 5.09. The fourth-order valence-electron chi connectivity index (χ4n) is 2.73. The molecule has 1 heterocycles. The van der Waals surface area contributed by atoms with Crippen LogP contribution in [0.4, 0.5) is 0 Å². The smallest absolute Gasteiger partial charge is 0.195 e. The van der Waals surface area contributed by atoms with Gasteiger partial charge in [0, 0.05) is 24.9 Å². The number of hydrogen-bond donors (Lipinski definition) is 1. The van der Waals surface area contributed by atoms with E-state index in [2.05, 4.69) is 4.90 Å². The van der Waals surface area contributed by atoms with Crippen LogP contribution >= 0.6 is 0 Å². The first kappa shape index (κ1) is 16.2. The number of piperidine rings is 1. The number of phenolic OH excluding ortho intramolecular Hbond substituents is 1. The average molecular weight is 305 g/mol. The molecule has 1 aliphatic rings. The number of rotatable bonds is 5. The molecule has 1 fully saturated rings. The monoisotopic (exact) mass is 305 g/mol. The van der Waals surface area contributed by atoms with Crippen LogP contribution in [0.2, 0.25) is 0 Å². The van der Waals surface area contributed by atoms with Gasteiger partial charge in [0.2, 0.25) is 0 Å². The molecule has 120 valence electrons. The normalized spacial score (nSPS) is 15.6. The third-order valence-corrected chi connectivity index (χ3v) is 3.98. The number of ether oxygens (including phenoxy) is 2. The van der Waals surface area contributed by atoms with Gasteiger partial charge in [-0.05, 0) is 38.3 Å². The fraction of sp³-hybridized carbons (Fsp3) is 0.471. The molecule has 0 amide bonds. The molecule has 5 heteroatoms. The van der Waals surface area contributed by atoms with Crippen molar-refractivity contribution in [3.63, 3.8) is 0 Å². The van der Waals surface area contributed by atoms with E-state index in [0.717, 1.165) is 31.6 Å². The Kier molecular flexibility index (Phi) is 5.31. The number of ketones is 1. The highest BCUT2D eigenvalue weighted by atomic mass is 16.5. The minimum absolute atomic E-state index is 0.137. The lowest BCUT2D eigenvalue weighted by Gasteiger charge is -2.29. The molecular formula is C17H23NO4. The van der Waals surface area contributed by atoms with Crippen LogP contribution < -0.4 is 9.47 Å². The Morgan fingerprint density at radius 1 is 1.14 bits per heavy atom. The molecule has 0 bridgehead atoms. The minimum atomic E-state index is -0.281. The number of hydrogen-bond acceptors (Lipinski definition) is 5. The van der Waals surface area contributed by atoms with Crippen LogP contribution in [0.25, 0.3) is 0 Å². The Hall–Kier alpha value is -2.17. The van der Waals surface area contributed by atoms with Crippen molar-refractivity contribution in [2.75, 3.05) is 27.3 Å². The quantitative estimate of drug-likeness (QED) is 0.669. The lowest BCUT2D eigenvalue weighted by molar-refractivity contribution is 0.103. The standard InChI is InChI=1S/C17H23NO4/c1-12(18-9-5-4-6-10-18)11-13(19)16-14(21-2)7-8-15(22-3)17(16)20/h7-8,11,20H,4-6,9-10H2,1-3H3/b12-11+. The van der Waals surface area contributed by atoms with Crippen LogP contribution in [-0.2, 0) is 0 Å². The van der Waals surface area contributed by atoms with E-state index in [4.69, 9.17) is 9.47 Å². The molecule has 1 aliphatic heterocycles. The summed E-state index contributed by atoms with van der Waals surface area (Å²) in [6.45, 7) is 3.86. The molecule has 0 spiro atoms. The van der Waals surface area contributed by atoms with Crippen molar-refractivity contribution in [2.45, 2.75) is 26.2 Å². The van der Waals surface area contributed by atoms with Gasteiger partial charge in [0.1, 0.15) is 11.3 Å². The molecular weight excluding hydrogens is 282 g/mol. The summed E-state index contributed by atoms with van der Waals surface area (Å²) >= 11 is 0. The average Bonchev–Trinajstić information content (AvgIpc) is 2.55. The molecule has 0 saturated carbocycles. The van der Waals surface area contributed by atoms with Gasteiger partial charge in [-0.3, -0.25) is 4.79 Å². The molecule has 0 aliphatic carbocycles. The van der Waals surface area contributed by atoms with E-state index in [1.54, 1.807) is 18.2 Å². The molecule has 1 N–H and O–H groups in total. The van der Waals surface area contributed by atoms with Crippen molar-refractivity contribution in [3.8, 4) is 17.2 Å². The van der Waals surface area contributed by atoms with E-state index in [0.29, 0.717) is 5.75 Å². The summed E-state index contributed by atoms with van der Waals surface area (Å²) in [5, 5.41) is 10.2. The topological polar surface area (TPSA) is 59.0 Å². The van der Waals surface area contributed by atoms with Gasteiger partial charge in [0.15, 0.2) is 17.3 Å². The summed E-state index contributed by atoms with van der Waals surface area (Å²) < 4.78 is 10.3. The van der Waals surface area contributed by atoms with Crippen LogP contribution in [0.3, 0.4) is 0 Å². The Bertz CT molecular complexity index is 574. The second-order valence-electron chi connectivity index (χ2n) is 5.39. The maximum Gasteiger partial charge on any atom is 0.195 e. The molecule has 1 saturated heterocycles. The van der Waals surface area contributed by atoms with Gasteiger partial charge in [-0.25, -0.2) is 0 Å². The van der Waals surface area contributed by atoms with Crippen LogP contribution in [-0.4, -0.2) is 43.1 Å². The molecule has 0 atom stereocenters. The number of carbonyl (C=O) groups is 1. The van der Waals surface area contributed by atoms with Gasteiger partial charge < -0.3 is 19.5 Å². The number of methoxy groups -OCH3 is 2. The Balaban J connectivity index is 2.31. The van der Waals surface area contributed by atoms with Gasteiger partial charge >= 0.3 is 0 Å². The molecule has 1 aromatic rings. The second-order valence-corrected chi connectivity index (χ2v) is 5.39. The number of nitrogens with zero attached hydrogens (tertiary/aromatic N) is 1. The molecule has 0 aromatic heterocycles. The first-order valence-electron chi connectivity index (χ1n) is 7.50. The summed E-state index contributed by atoms with van der Waals surface area (Å²) in [4.78, 5) is 14.8. The fourth-order valence-corrected chi connectivity index (χ4v) is 2.73. The van der Waals surface area contributed by atoms with Crippen LogP contribution in [0.1, 0.15) is 36.5 Å².